The Labute approximate surface area is 131 Å². The van der Waals surface area contributed by atoms with Gasteiger partial charge in [0.2, 0.25) is 0 Å². The molecular weight excluding hydrogens is 298 g/mol. The number of para-hydroxylation sites is 1. The first-order valence-electron chi connectivity index (χ1n) is 6.74. The fourth-order valence-electron chi connectivity index (χ4n) is 2.09. The Kier molecular flexibility index (Phi) is 3.88. The van der Waals surface area contributed by atoms with Crippen molar-refractivity contribution in [3.8, 4) is 5.69 Å². The van der Waals surface area contributed by atoms with Crippen LogP contribution in [0.2, 0.25) is 0 Å². The number of nitrogen functional groups attached to an aromatic ring is 1. The van der Waals surface area contributed by atoms with E-state index in [0.29, 0.717) is 6.54 Å². The number of amides is 1. The highest BCUT2D eigenvalue weighted by Crippen LogP contribution is 2.18. The third kappa shape index (κ3) is 2.71. The number of aryl methyl sites for hydroxylation is 1. The zero-order valence-electron chi connectivity index (χ0n) is 12.0. The molecule has 112 valence electrons. The molecule has 0 fully saturated rings. The Morgan fingerprint density at radius 1 is 1.32 bits per heavy atom. The van der Waals surface area contributed by atoms with Gasteiger partial charge in [-0.2, -0.15) is 4.68 Å². The van der Waals surface area contributed by atoms with Crippen molar-refractivity contribution in [3.63, 3.8) is 0 Å². The first-order chi connectivity index (χ1) is 10.7. The Morgan fingerprint density at radius 3 is 2.86 bits per heavy atom. The topological polar surface area (TPSA) is 85.8 Å². The van der Waals surface area contributed by atoms with Crippen LogP contribution in [0.3, 0.4) is 0 Å². The summed E-state index contributed by atoms with van der Waals surface area (Å²) in [6.45, 7) is 2.40. The lowest BCUT2D eigenvalue weighted by Crippen LogP contribution is -2.24. The van der Waals surface area contributed by atoms with Gasteiger partial charge in [-0.25, -0.2) is 0 Å². The van der Waals surface area contributed by atoms with Crippen molar-refractivity contribution < 1.29 is 4.79 Å². The highest BCUT2D eigenvalue weighted by atomic mass is 32.1. The number of carbonyl (C=O) groups is 1. The number of nitrogens with two attached hydrogens (primary N) is 1. The van der Waals surface area contributed by atoms with Gasteiger partial charge >= 0.3 is 0 Å². The van der Waals surface area contributed by atoms with E-state index in [1.807, 2.05) is 48.7 Å². The molecule has 1 amide bonds. The van der Waals surface area contributed by atoms with Crippen molar-refractivity contribution in [3.05, 3.63) is 57.9 Å². The number of benzene rings is 1. The highest BCUT2D eigenvalue weighted by molar-refractivity contribution is 7.09. The quantitative estimate of drug-likeness (QED) is 0.773. The van der Waals surface area contributed by atoms with E-state index in [2.05, 4.69) is 15.6 Å². The zero-order valence-corrected chi connectivity index (χ0v) is 12.8. The molecule has 7 heteroatoms. The van der Waals surface area contributed by atoms with Crippen LogP contribution < -0.4 is 11.1 Å². The van der Waals surface area contributed by atoms with E-state index < -0.39 is 0 Å². The van der Waals surface area contributed by atoms with Gasteiger partial charge in [-0.3, -0.25) is 4.79 Å². The van der Waals surface area contributed by atoms with E-state index in [1.165, 1.54) is 4.68 Å². The van der Waals surface area contributed by atoms with E-state index in [4.69, 9.17) is 5.73 Å². The molecule has 3 aromatic rings. The van der Waals surface area contributed by atoms with Crippen molar-refractivity contribution >= 4 is 23.1 Å². The minimum Gasteiger partial charge on any atom is -0.382 e. The molecule has 2 aromatic heterocycles. The van der Waals surface area contributed by atoms with Crippen molar-refractivity contribution in [2.24, 2.45) is 0 Å². The molecule has 0 atom stereocenters. The molecule has 0 saturated carbocycles. The zero-order chi connectivity index (χ0) is 15.5. The first-order valence-corrected chi connectivity index (χ1v) is 7.62. The highest BCUT2D eigenvalue weighted by Gasteiger charge is 2.18. The third-order valence-corrected chi connectivity index (χ3v) is 4.14. The number of rotatable bonds is 4. The summed E-state index contributed by atoms with van der Waals surface area (Å²) in [5.41, 5.74) is 7.99. The number of aromatic nitrogens is 3. The predicted octanol–water partition coefficient (Wildman–Crippen LogP) is 2.15. The van der Waals surface area contributed by atoms with E-state index in [9.17, 15) is 4.79 Å². The smallest absolute Gasteiger partial charge is 0.276 e. The van der Waals surface area contributed by atoms with Gasteiger partial charge in [-0.05, 0) is 30.0 Å². The summed E-state index contributed by atoms with van der Waals surface area (Å²) < 4.78 is 1.48. The summed E-state index contributed by atoms with van der Waals surface area (Å²) >= 11 is 1.58. The Morgan fingerprint density at radius 2 is 2.14 bits per heavy atom. The molecule has 0 spiro atoms. The van der Waals surface area contributed by atoms with Crippen LogP contribution in [0.25, 0.3) is 5.69 Å². The van der Waals surface area contributed by atoms with E-state index >= 15 is 0 Å². The lowest BCUT2D eigenvalue weighted by molar-refractivity contribution is 0.0947. The van der Waals surface area contributed by atoms with Crippen LogP contribution >= 0.6 is 11.3 Å². The summed E-state index contributed by atoms with van der Waals surface area (Å²) in [6.07, 6.45) is 0. The molecule has 0 aliphatic carbocycles. The maximum absolute atomic E-state index is 12.2. The Bertz CT molecular complexity index is 794. The number of thiophene rings is 1. The Hall–Kier alpha value is -2.67. The van der Waals surface area contributed by atoms with Gasteiger partial charge in [0.05, 0.1) is 12.2 Å². The lowest BCUT2D eigenvalue weighted by atomic mass is 10.2. The van der Waals surface area contributed by atoms with Crippen molar-refractivity contribution in [2.45, 2.75) is 13.5 Å². The number of nitrogens with one attached hydrogen (secondary N) is 1. The molecule has 3 N–H and O–H groups in total. The average molecular weight is 313 g/mol. The minimum absolute atomic E-state index is 0.139. The second-order valence-corrected chi connectivity index (χ2v) is 5.82. The number of nitrogens with zero attached hydrogens (tertiary/aromatic N) is 3. The van der Waals surface area contributed by atoms with Gasteiger partial charge in [0.15, 0.2) is 11.5 Å². The average Bonchev–Trinajstić information content (AvgIpc) is 3.15. The Balaban J connectivity index is 1.81. The standard InChI is InChI=1S/C15H15N5OS/c1-10-5-2-3-7-12(10)20-14(16)13(18-19-20)15(21)17-9-11-6-4-8-22-11/h2-8H,9,16H2,1H3,(H,17,21). The second kappa shape index (κ2) is 5.98. The fourth-order valence-corrected chi connectivity index (χ4v) is 2.74. The summed E-state index contributed by atoms with van der Waals surface area (Å²) in [5.74, 6) is -0.0938. The first kappa shape index (κ1) is 14.3. The minimum atomic E-state index is -0.328. The number of hydrogen-bond acceptors (Lipinski definition) is 5. The van der Waals surface area contributed by atoms with E-state index in [-0.39, 0.29) is 17.4 Å². The SMILES string of the molecule is Cc1ccccc1-n1nnc(C(=O)NCc2cccs2)c1N. The van der Waals surface area contributed by atoms with E-state index in [1.54, 1.807) is 11.3 Å². The van der Waals surface area contributed by atoms with Crippen LogP contribution in [0.1, 0.15) is 20.9 Å². The third-order valence-electron chi connectivity index (χ3n) is 3.27. The number of hydrogen-bond donors (Lipinski definition) is 2. The predicted molar refractivity (Wildman–Crippen MR) is 86.0 cm³/mol. The molecule has 0 saturated heterocycles. The molecule has 3 rings (SSSR count). The molecule has 6 nitrogen and oxygen atoms in total. The fraction of sp³-hybridized carbons (Fsp3) is 0.133. The molecule has 2 heterocycles. The summed E-state index contributed by atoms with van der Waals surface area (Å²) in [5, 5.41) is 12.7. The van der Waals surface area contributed by atoms with Gasteiger partial charge in [0.1, 0.15) is 0 Å². The van der Waals surface area contributed by atoms with Crippen LogP contribution in [0.4, 0.5) is 5.82 Å². The molecule has 1 aromatic carbocycles. The molecule has 0 unspecified atom stereocenters. The van der Waals surface area contributed by atoms with Gasteiger partial charge < -0.3 is 11.1 Å². The monoisotopic (exact) mass is 313 g/mol. The lowest BCUT2D eigenvalue weighted by Gasteiger charge is -2.06. The van der Waals surface area contributed by atoms with Gasteiger partial charge in [0.25, 0.3) is 5.91 Å². The number of anilines is 1. The second-order valence-electron chi connectivity index (χ2n) is 4.78. The maximum atomic E-state index is 12.2. The van der Waals surface area contributed by atoms with Crippen LogP contribution in [-0.2, 0) is 6.54 Å². The molecule has 22 heavy (non-hydrogen) atoms. The summed E-state index contributed by atoms with van der Waals surface area (Å²) in [6, 6.07) is 11.6. The largest absolute Gasteiger partial charge is 0.382 e. The maximum Gasteiger partial charge on any atom is 0.276 e. The van der Waals surface area contributed by atoms with E-state index in [0.717, 1.165) is 16.1 Å². The van der Waals surface area contributed by atoms with Crippen LogP contribution in [0.15, 0.2) is 41.8 Å². The molecule has 0 aliphatic rings. The van der Waals surface area contributed by atoms with Crippen LogP contribution in [-0.4, -0.2) is 20.9 Å². The summed E-state index contributed by atoms with van der Waals surface area (Å²) in [7, 11) is 0. The molecular formula is C15H15N5OS. The normalized spacial score (nSPS) is 10.6. The van der Waals surface area contributed by atoms with Crippen LogP contribution in [0.5, 0.6) is 0 Å². The molecule has 0 radical (unpaired) electrons. The van der Waals surface area contributed by atoms with Crippen molar-refractivity contribution in [2.75, 3.05) is 5.73 Å². The van der Waals surface area contributed by atoms with Crippen molar-refractivity contribution in [1.29, 1.82) is 0 Å². The van der Waals surface area contributed by atoms with Crippen molar-refractivity contribution in [1.82, 2.24) is 20.3 Å². The molecule has 0 bridgehead atoms. The van der Waals surface area contributed by atoms with Gasteiger partial charge in [-0.15, -0.1) is 16.4 Å². The number of carbonyl (C=O) groups excluding carboxylic acids is 1. The molecule has 0 aliphatic heterocycles. The summed E-state index contributed by atoms with van der Waals surface area (Å²) in [4.78, 5) is 13.3. The van der Waals surface area contributed by atoms with Crippen LogP contribution in [0, 0.1) is 6.92 Å². The van der Waals surface area contributed by atoms with Gasteiger partial charge in [-0.1, -0.05) is 29.5 Å². The van der Waals surface area contributed by atoms with Gasteiger partial charge in [0, 0.05) is 4.88 Å².